The van der Waals surface area contributed by atoms with Crippen LogP contribution in [0.5, 0.6) is 11.5 Å². The van der Waals surface area contributed by atoms with Crippen LogP contribution in [0.1, 0.15) is 232 Å². The highest BCUT2D eigenvalue weighted by molar-refractivity contribution is 6.83. The average Bonchev–Trinajstić information content (AvgIpc) is 3.68. The summed E-state index contributed by atoms with van der Waals surface area (Å²) >= 11 is 0. The van der Waals surface area contributed by atoms with Crippen molar-refractivity contribution < 1.29 is 27.0 Å². The number of hydrogen-bond acceptors (Lipinski definition) is 2. The molecular weight excluding hydrogens is 1110 g/mol. The third-order valence-corrected chi connectivity index (χ3v) is 36.7. The Hall–Kier alpha value is -1.63. The van der Waals surface area contributed by atoms with Gasteiger partial charge < -0.3 is 9.47 Å². The lowest BCUT2D eigenvalue weighted by molar-refractivity contribution is 0.155. The van der Waals surface area contributed by atoms with Gasteiger partial charge in [-0.1, -0.05) is 244 Å². The summed E-state index contributed by atoms with van der Waals surface area (Å²) in [6, 6.07) is 18.2. The molecule has 0 heterocycles. The molecule has 0 aliphatic heterocycles. The van der Waals surface area contributed by atoms with Gasteiger partial charge in [0, 0.05) is 37.9 Å². The standard InChI is InChI=1S/C37H66F2OSi2.C37H64F2OSi2/c2*1-8-12-30-13-15-31(16-14-30)32-17-19-33(20-18-32)34-21-22-35(37(39)36(34)38)40-24-10-11-25-41(4,5)27-28-42(6,7)26-23-29(3)9-2/h21-22,29-33H,8-20,23-28H2,1-7H3;19,21-22,29-32H,8-18,20,23-28H2,1-7H3. The van der Waals surface area contributed by atoms with Gasteiger partial charge in [-0.2, -0.15) is 8.78 Å². The van der Waals surface area contributed by atoms with Crippen molar-refractivity contribution >= 4 is 37.9 Å². The van der Waals surface area contributed by atoms with Gasteiger partial charge in [-0.05, 0) is 166 Å². The molecule has 2 aromatic carbocycles. The van der Waals surface area contributed by atoms with Gasteiger partial charge in [0.15, 0.2) is 23.1 Å². The average molecular weight is 1240 g/mol. The molecule has 0 amide bonds. The first-order valence-corrected chi connectivity index (χ1v) is 49.5. The number of halogens is 4. The molecule has 0 aromatic heterocycles. The maximum Gasteiger partial charge on any atom is 0.201 e. The van der Waals surface area contributed by atoms with Crippen LogP contribution in [0, 0.1) is 70.6 Å². The van der Waals surface area contributed by atoms with Gasteiger partial charge in [-0.25, -0.2) is 8.78 Å². The van der Waals surface area contributed by atoms with E-state index in [1.54, 1.807) is 18.2 Å². The number of unbranched alkanes of at least 4 members (excludes halogenated alkanes) is 2. The molecule has 84 heavy (non-hydrogen) atoms. The zero-order valence-corrected chi connectivity index (χ0v) is 61.1. The molecule has 0 bridgehead atoms. The lowest BCUT2D eigenvalue weighted by Crippen LogP contribution is -2.32. The molecule has 0 spiro atoms. The molecule has 2 nitrogen and oxygen atoms in total. The molecule has 4 aliphatic carbocycles. The molecule has 3 atom stereocenters. The van der Waals surface area contributed by atoms with Crippen molar-refractivity contribution in [2.45, 2.75) is 322 Å². The van der Waals surface area contributed by atoms with E-state index in [2.05, 4.69) is 100.0 Å². The normalized spacial score (nSPS) is 23.5. The van der Waals surface area contributed by atoms with Crippen molar-refractivity contribution in [1.82, 2.24) is 0 Å². The van der Waals surface area contributed by atoms with E-state index in [9.17, 15) is 0 Å². The van der Waals surface area contributed by atoms with E-state index in [-0.39, 0.29) is 17.4 Å². The maximum atomic E-state index is 15.2. The van der Waals surface area contributed by atoms with E-state index in [0.717, 1.165) is 105 Å². The van der Waals surface area contributed by atoms with Crippen LogP contribution in [0.15, 0.2) is 30.3 Å². The molecule has 4 aliphatic rings. The smallest absolute Gasteiger partial charge is 0.201 e. The molecule has 0 radical (unpaired) electrons. The minimum absolute atomic E-state index is 0.0694. The summed E-state index contributed by atoms with van der Waals surface area (Å²) in [7, 11) is -4.68. The van der Waals surface area contributed by atoms with Crippen LogP contribution in [0.4, 0.5) is 17.6 Å². The van der Waals surface area contributed by atoms with Crippen LogP contribution in [0.25, 0.3) is 5.57 Å². The first kappa shape index (κ1) is 73.1. The summed E-state index contributed by atoms with van der Waals surface area (Å²) in [4.78, 5) is 0. The summed E-state index contributed by atoms with van der Waals surface area (Å²) < 4.78 is 72.0. The van der Waals surface area contributed by atoms with Crippen molar-refractivity contribution in [3.63, 3.8) is 0 Å². The Bertz CT molecular complexity index is 2200. The van der Waals surface area contributed by atoms with E-state index < -0.39 is 55.6 Å². The molecule has 482 valence electrons. The molecular formula is C74H130F4O2Si4. The van der Waals surface area contributed by atoms with Crippen LogP contribution < -0.4 is 9.47 Å². The van der Waals surface area contributed by atoms with E-state index in [1.807, 2.05) is 6.07 Å². The fourth-order valence-corrected chi connectivity index (χ4v) is 32.1. The number of ether oxygens (including phenoxy) is 2. The predicted molar refractivity (Wildman–Crippen MR) is 369 cm³/mol. The summed E-state index contributed by atoms with van der Waals surface area (Å²) in [6.45, 7) is 35.4. The largest absolute Gasteiger partial charge is 0.490 e. The second-order valence-corrected chi connectivity index (χ2v) is 53.2. The Morgan fingerprint density at radius 2 is 0.845 bits per heavy atom. The molecule has 0 N–H and O–H groups in total. The molecule has 0 saturated heterocycles. The molecule has 3 saturated carbocycles. The first-order chi connectivity index (χ1) is 39.9. The van der Waals surface area contributed by atoms with Gasteiger partial charge in [0.25, 0.3) is 0 Å². The minimum atomic E-state index is -1.24. The third-order valence-electron chi connectivity index (χ3n) is 22.6. The van der Waals surface area contributed by atoms with Crippen LogP contribution >= 0.6 is 0 Å². The quantitative estimate of drug-likeness (QED) is 0.0395. The molecule has 2 aromatic rings. The Morgan fingerprint density at radius 3 is 1.26 bits per heavy atom. The van der Waals surface area contributed by atoms with Gasteiger partial charge >= 0.3 is 0 Å². The number of rotatable bonds is 34. The first-order valence-electron chi connectivity index (χ1n) is 35.8. The topological polar surface area (TPSA) is 18.5 Å². The Labute approximate surface area is 520 Å². The zero-order valence-electron chi connectivity index (χ0n) is 57.1. The van der Waals surface area contributed by atoms with Crippen molar-refractivity contribution in [2.24, 2.45) is 47.3 Å². The van der Waals surface area contributed by atoms with E-state index in [4.69, 9.17) is 9.47 Å². The van der Waals surface area contributed by atoms with Crippen LogP contribution in [-0.4, -0.2) is 45.5 Å². The van der Waals surface area contributed by atoms with Gasteiger partial charge in [-0.15, -0.1) is 0 Å². The van der Waals surface area contributed by atoms with E-state index in [1.165, 1.54) is 164 Å². The molecule has 3 unspecified atom stereocenters. The van der Waals surface area contributed by atoms with Gasteiger partial charge in [-0.3, -0.25) is 0 Å². The lowest BCUT2D eigenvalue weighted by Gasteiger charge is -2.38. The summed E-state index contributed by atoms with van der Waals surface area (Å²) in [5.74, 6) is 4.10. The van der Waals surface area contributed by atoms with Gasteiger partial charge in [0.2, 0.25) is 11.6 Å². The lowest BCUT2D eigenvalue weighted by atomic mass is 9.68. The highest BCUT2D eigenvalue weighted by Crippen LogP contribution is 2.47. The second kappa shape index (κ2) is 36.3. The Morgan fingerprint density at radius 1 is 0.440 bits per heavy atom. The minimum Gasteiger partial charge on any atom is -0.490 e. The zero-order chi connectivity index (χ0) is 61.5. The van der Waals surface area contributed by atoms with E-state index in [0.29, 0.717) is 30.3 Å². The molecule has 3 fully saturated rings. The SMILES string of the molecule is CCCC1CCC(C2CC=C(c3ccc(OCCCC[Si](C)(C)CC[Si](C)(C)CCC(C)CC)c(F)c3F)CC2)CC1.CCCC1CCC(C2CCC(c3ccc(OCCCC[Si](C)(C)CC[Si](C)(C)CCC(C)CC)c(F)c3F)CC2)CC1. The second-order valence-electron chi connectivity index (χ2n) is 31.9. The van der Waals surface area contributed by atoms with E-state index >= 15 is 17.6 Å². The van der Waals surface area contributed by atoms with Crippen LogP contribution in [0.3, 0.4) is 0 Å². The van der Waals surface area contributed by atoms with Crippen LogP contribution in [-0.2, 0) is 0 Å². The van der Waals surface area contributed by atoms with Gasteiger partial charge in [0.1, 0.15) is 0 Å². The number of hydrogen-bond donors (Lipinski definition) is 0. The monoisotopic (exact) mass is 1240 g/mol. The predicted octanol–water partition coefficient (Wildman–Crippen LogP) is 25.6. The van der Waals surface area contributed by atoms with Crippen molar-refractivity contribution in [3.8, 4) is 11.5 Å². The number of benzene rings is 2. The number of allylic oxidation sites excluding steroid dienone is 2. The van der Waals surface area contributed by atoms with Crippen molar-refractivity contribution in [3.05, 3.63) is 64.7 Å². The summed E-state index contributed by atoms with van der Waals surface area (Å²) in [6.07, 6.45) is 35.4. The Kier molecular flexibility index (Phi) is 31.6. The van der Waals surface area contributed by atoms with Gasteiger partial charge in [0.05, 0.1) is 13.2 Å². The highest BCUT2D eigenvalue weighted by atomic mass is 28.3. The highest BCUT2D eigenvalue weighted by Gasteiger charge is 2.35. The fourth-order valence-electron chi connectivity index (χ4n) is 15.3. The molecule has 10 heteroatoms. The maximum absolute atomic E-state index is 15.2. The third kappa shape index (κ3) is 25.0. The van der Waals surface area contributed by atoms with Crippen molar-refractivity contribution in [1.29, 1.82) is 0 Å². The van der Waals surface area contributed by atoms with Crippen molar-refractivity contribution in [2.75, 3.05) is 13.2 Å². The molecule has 6 rings (SSSR count). The van der Waals surface area contributed by atoms with Crippen LogP contribution in [0.2, 0.25) is 101 Å². The Balaban J connectivity index is 0.000000307. The summed E-state index contributed by atoms with van der Waals surface area (Å²) in [5, 5.41) is 0. The summed E-state index contributed by atoms with van der Waals surface area (Å²) in [5.41, 5.74) is 1.99. The fraction of sp³-hybridized carbons (Fsp3) is 0.811.